The first-order valence-corrected chi connectivity index (χ1v) is 8.87. The van der Waals surface area contributed by atoms with Gasteiger partial charge >= 0.3 is 6.09 Å². The number of ether oxygens (including phenoxy) is 1. The van der Waals surface area contributed by atoms with Gasteiger partial charge in [-0.05, 0) is 54.4 Å². The fourth-order valence-electron chi connectivity index (χ4n) is 2.45. The lowest BCUT2D eigenvalue weighted by molar-refractivity contribution is 0.121. The predicted molar refractivity (Wildman–Crippen MR) is 102 cm³/mol. The van der Waals surface area contributed by atoms with Crippen LogP contribution in [0.3, 0.4) is 0 Å². The Morgan fingerprint density at radius 2 is 1.88 bits per heavy atom. The zero-order valence-corrected chi connectivity index (χ0v) is 16.2. The smallest absolute Gasteiger partial charge is 0.412 e. The highest BCUT2D eigenvalue weighted by Gasteiger charge is 2.21. The minimum absolute atomic E-state index is 0.382. The number of hydrogen-bond acceptors (Lipinski definition) is 5. The van der Waals surface area contributed by atoms with E-state index in [1.807, 2.05) is 50.2 Å². The lowest BCUT2D eigenvalue weighted by Crippen LogP contribution is -2.16. The summed E-state index contributed by atoms with van der Waals surface area (Å²) in [5, 5.41) is 6.66. The quantitative estimate of drug-likeness (QED) is 0.614. The Hall–Kier alpha value is -2.67. The molecule has 2 heterocycles. The van der Waals surface area contributed by atoms with Crippen molar-refractivity contribution in [3.05, 3.63) is 63.9 Å². The van der Waals surface area contributed by atoms with Gasteiger partial charge < -0.3 is 9.26 Å². The number of nitrogens with zero attached hydrogens (tertiary/aromatic N) is 2. The van der Waals surface area contributed by atoms with Crippen LogP contribution < -0.4 is 5.32 Å². The predicted octanol–water partition coefficient (Wildman–Crippen LogP) is 5.43. The number of anilines is 1. The molecule has 3 aromatic rings. The van der Waals surface area contributed by atoms with Crippen LogP contribution in [0.15, 0.2) is 51.5 Å². The summed E-state index contributed by atoms with van der Waals surface area (Å²) in [5.41, 5.74) is 3.30. The second kappa shape index (κ2) is 7.70. The summed E-state index contributed by atoms with van der Waals surface area (Å²) in [6, 6.07) is 13.2. The number of hydrogen-bond donors (Lipinski definition) is 1. The van der Waals surface area contributed by atoms with Gasteiger partial charge in [-0.1, -0.05) is 35.5 Å². The fraction of sp³-hybridized carbons (Fsp3) is 0.211. The van der Waals surface area contributed by atoms with Crippen molar-refractivity contribution in [2.24, 2.45) is 0 Å². The number of pyridine rings is 1. The summed E-state index contributed by atoms with van der Waals surface area (Å²) < 4.78 is 11.7. The highest BCUT2D eigenvalue weighted by molar-refractivity contribution is 9.10. The van der Waals surface area contributed by atoms with Crippen LogP contribution >= 0.6 is 15.9 Å². The number of rotatable bonds is 4. The first-order valence-electron chi connectivity index (χ1n) is 8.08. The van der Waals surface area contributed by atoms with Crippen molar-refractivity contribution in [3.8, 4) is 11.5 Å². The van der Waals surface area contributed by atoms with Crippen LogP contribution in [0.4, 0.5) is 10.5 Å². The average Bonchev–Trinajstić information content (AvgIpc) is 2.98. The summed E-state index contributed by atoms with van der Waals surface area (Å²) >= 11 is 3.42. The molecule has 1 atom stereocenters. The maximum atomic E-state index is 12.3. The van der Waals surface area contributed by atoms with E-state index in [2.05, 4.69) is 31.4 Å². The van der Waals surface area contributed by atoms with Crippen LogP contribution in [0.2, 0.25) is 0 Å². The van der Waals surface area contributed by atoms with Gasteiger partial charge in [-0.25, -0.2) is 9.78 Å². The van der Waals surface area contributed by atoms with Crippen molar-refractivity contribution >= 4 is 27.7 Å². The van der Waals surface area contributed by atoms with Gasteiger partial charge in [0.2, 0.25) is 5.76 Å². The molecule has 0 aliphatic rings. The molecule has 1 aromatic carbocycles. The van der Waals surface area contributed by atoms with E-state index in [9.17, 15) is 4.79 Å². The van der Waals surface area contributed by atoms with Gasteiger partial charge in [-0.2, -0.15) is 0 Å². The molecule has 1 N–H and O–H groups in total. The van der Waals surface area contributed by atoms with Gasteiger partial charge in [-0.15, -0.1) is 0 Å². The number of benzene rings is 1. The highest BCUT2D eigenvalue weighted by Crippen LogP contribution is 2.31. The summed E-state index contributed by atoms with van der Waals surface area (Å²) in [6.07, 6.45) is -0.962. The van der Waals surface area contributed by atoms with Crippen LogP contribution in [0.5, 0.6) is 0 Å². The number of carbonyl (C=O) groups excluding carboxylic acids is 1. The van der Waals surface area contributed by atoms with Gasteiger partial charge in [0, 0.05) is 4.47 Å². The normalized spacial score (nSPS) is 11.8. The Morgan fingerprint density at radius 1 is 1.15 bits per heavy atom. The summed E-state index contributed by atoms with van der Waals surface area (Å²) in [5.74, 6) is 0.391. The van der Waals surface area contributed by atoms with Gasteiger partial charge in [0.1, 0.15) is 23.2 Å². The van der Waals surface area contributed by atoms with Crippen molar-refractivity contribution in [2.45, 2.75) is 26.9 Å². The van der Waals surface area contributed by atoms with Gasteiger partial charge in [0.15, 0.2) is 0 Å². The number of amides is 1. The van der Waals surface area contributed by atoms with Gasteiger partial charge in [0.25, 0.3) is 0 Å². The molecule has 134 valence electrons. The summed E-state index contributed by atoms with van der Waals surface area (Å²) in [7, 11) is 0. The number of halogens is 1. The first kappa shape index (κ1) is 18.1. The van der Waals surface area contributed by atoms with E-state index in [0.717, 1.165) is 15.7 Å². The number of aromatic nitrogens is 2. The SMILES string of the molecule is Cc1nc(-c2onc(C)c2NC(=O)O[C@H](C)c2ccccc2)ccc1Br. The van der Waals surface area contributed by atoms with Gasteiger partial charge in [-0.3, -0.25) is 5.32 Å². The molecule has 7 heteroatoms. The first-order chi connectivity index (χ1) is 12.5. The lowest BCUT2D eigenvalue weighted by Gasteiger charge is -2.14. The highest BCUT2D eigenvalue weighted by atomic mass is 79.9. The zero-order chi connectivity index (χ0) is 18.7. The molecule has 0 aliphatic heterocycles. The maximum absolute atomic E-state index is 12.3. The molecule has 0 aliphatic carbocycles. The third-order valence-corrected chi connectivity index (χ3v) is 4.73. The molecule has 26 heavy (non-hydrogen) atoms. The van der Waals surface area contributed by atoms with Gasteiger partial charge in [0.05, 0.1) is 5.69 Å². The minimum atomic E-state index is -0.581. The maximum Gasteiger partial charge on any atom is 0.412 e. The van der Waals surface area contributed by atoms with Crippen molar-refractivity contribution in [3.63, 3.8) is 0 Å². The molecule has 0 saturated carbocycles. The van der Waals surface area contributed by atoms with E-state index < -0.39 is 6.09 Å². The van der Waals surface area contributed by atoms with Crippen molar-refractivity contribution in [1.82, 2.24) is 10.1 Å². The Labute approximate surface area is 159 Å². The van der Waals surface area contributed by atoms with Crippen molar-refractivity contribution in [2.75, 3.05) is 5.32 Å². The largest absolute Gasteiger partial charge is 0.441 e. The number of aryl methyl sites for hydroxylation is 2. The Bertz CT molecular complexity index is 925. The molecular formula is C19H18BrN3O3. The topological polar surface area (TPSA) is 77.3 Å². The average molecular weight is 416 g/mol. The Morgan fingerprint density at radius 3 is 2.58 bits per heavy atom. The van der Waals surface area contributed by atoms with E-state index in [-0.39, 0.29) is 6.10 Å². The minimum Gasteiger partial charge on any atom is -0.441 e. The Balaban J connectivity index is 1.78. The molecule has 3 rings (SSSR count). The zero-order valence-electron chi connectivity index (χ0n) is 14.6. The molecular weight excluding hydrogens is 398 g/mol. The second-order valence-electron chi connectivity index (χ2n) is 5.82. The molecule has 2 aromatic heterocycles. The molecule has 0 unspecified atom stereocenters. The third kappa shape index (κ3) is 3.94. The van der Waals surface area contributed by atoms with Crippen molar-refractivity contribution < 1.29 is 14.1 Å². The molecule has 1 amide bonds. The molecule has 0 bridgehead atoms. The second-order valence-corrected chi connectivity index (χ2v) is 6.67. The lowest BCUT2D eigenvalue weighted by atomic mass is 10.1. The third-order valence-electron chi connectivity index (χ3n) is 3.90. The fourth-order valence-corrected chi connectivity index (χ4v) is 2.67. The molecule has 0 fully saturated rings. The van der Waals surface area contributed by atoms with E-state index >= 15 is 0 Å². The van der Waals surface area contributed by atoms with Crippen LogP contribution in [0, 0.1) is 13.8 Å². The molecule has 6 nitrogen and oxygen atoms in total. The number of carbonyl (C=O) groups is 1. The van der Waals surface area contributed by atoms with E-state index in [1.165, 1.54) is 0 Å². The van der Waals surface area contributed by atoms with Crippen molar-refractivity contribution in [1.29, 1.82) is 0 Å². The summed E-state index contributed by atoms with van der Waals surface area (Å²) in [6.45, 7) is 5.44. The number of nitrogens with one attached hydrogen (secondary N) is 1. The monoisotopic (exact) mass is 415 g/mol. The van der Waals surface area contributed by atoms with Crippen LogP contribution in [-0.4, -0.2) is 16.2 Å². The van der Waals surface area contributed by atoms with E-state index in [1.54, 1.807) is 13.0 Å². The van der Waals surface area contributed by atoms with Crippen LogP contribution in [-0.2, 0) is 4.74 Å². The van der Waals surface area contributed by atoms with Crippen LogP contribution in [0.25, 0.3) is 11.5 Å². The van der Waals surface area contributed by atoms with E-state index in [0.29, 0.717) is 22.8 Å². The molecule has 0 radical (unpaired) electrons. The molecule has 0 spiro atoms. The van der Waals surface area contributed by atoms with E-state index in [4.69, 9.17) is 9.26 Å². The molecule has 0 saturated heterocycles. The summed E-state index contributed by atoms with van der Waals surface area (Å²) in [4.78, 5) is 16.8. The standard InChI is InChI=1S/C19H18BrN3O3/c1-11-15(20)9-10-16(21-11)18-17(12(2)23-26-18)22-19(24)25-13(3)14-7-5-4-6-8-14/h4-10,13H,1-3H3,(H,22,24)/t13-/m1/s1. The Kier molecular flexibility index (Phi) is 5.37. The van der Waals surface area contributed by atoms with Crippen LogP contribution in [0.1, 0.15) is 30.0 Å².